The highest BCUT2D eigenvalue weighted by atomic mass is 35.9. The van der Waals surface area contributed by atoms with Crippen LogP contribution < -0.4 is 0 Å². The highest BCUT2D eigenvalue weighted by Gasteiger charge is 2.05. The number of halogens is 2. The maximum Gasteiger partial charge on any atom is 0.274 e. The van der Waals surface area contributed by atoms with Crippen LogP contribution in [0.4, 0.5) is 0 Å². The first-order valence-corrected chi connectivity index (χ1v) is 6.40. The summed E-state index contributed by atoms with van der Waals surface area (Å²) >= 11 is 10.5. The van der Waals surface area contributed by atoms with E-state index in [9.17, 15) is 4.57 Å². The molecule has 0 aliphatic rings. The van der Waals surface area contributed by atoms with E-state index in [1.165, 1.54) is 5.82 Å². The van der Waals surface area contributed by atoms with Crippen molar-refractivity contribution in [2.45, 2.75) is 13.3 Å². The summed E-state index contributed by atoms with van der Waals surface area (Å²) < 4.78 is 10.6. The lowest BCUT2D eigenvalue weighted by molar-refractivity contribution is 0.597. The number of hydrogen-bond acceptors (Lipinski definition) is 1. The van der Waals surface area contributed by atoms with Gasteiger partial charge in [0.2, 0.25) is 0 Å². The highest BCUT2D eigenvalue weighted by molar-refractivity contribution is 8.10. The van der Waals surface area contributed by atoms with Crippen LogP contribution in [0.2, 0.25) is 0 Å². The van der Waals surface area contributed by atoms with Gasteiger partial charge in [-0.15, -0.1) is 0 Å². The lowest BCUT2D eigenvalue weighted by Gasteiger charge is -1.92. The van der Waals surface area contributed by atoms with E-state index in [0.29, 0.717) is 0 Å². The third-order valence-corrected chi connectivity index (χ3v) is 2.11. The van der Waals surface area contributed by atoms with E-state index in [1.807, 2.05) is 6.92 Å². The van der Waals surface area contributed by atoms with Gasteiger partial charge in [0, 0.05) is 5.82 Å². The van der Waals surface area contributed by atoms with E-state index in [1.54, 1.807) is 6.08 Å². The van der Waals surface area contributed by atoms with Gasteiger partial charge in [-0.3, -0.25) is 4.57 Å². The van der Waals surface area contributed by atoms with Gasteiger partial charge in [-0.25, -0.2) is 0 Å². The molecule has 1 nitrogen and oxygen atoms in total. The van der Waals surface area contributed by atoms with Crippen LogP contribution in [-0.4, -0.2) is 0 Å². The molecule has 0 heterocycles. The number of allylic oxidation sites excluding steroid dienone is 2. The van der Waals surface area contributed by atoms with Crippen molar-refractivity contribution in [1.29, 1.82) is 0 Å². The van der Waals surface area contributed by atoms with E-state index in [-0.39, 0.29) is 0 Å². The summed E-state index contributed by atoms with van der Waals surface area (Å²) in [6.45, 7) is 5.60. The number of hydrogen-bond donors (Lipinski definition) is 0. The van der Waals surface area contributed by atoms with Gasteiger partial charge in [0.25, 0.3) is 5.85 Å². The van der Waals surface area contributed by atoms with Gasteiger partial charge in [0.05, 0.1) is 0 Å². The second-order valence-electron chi connectivity index (χ2n) is 1.83. The topological polar surface area (TPSA) is 17.1 Å². The van der Waals surface area contributed by atoms with Crippen molar-refractivity contribution in [3.05, 3.63) is 24.0 Å². The molecule has 0 aromatic rings. The van der Waals surface area contributed by atoms with Crippen LogP contribution in [0.15, 0.2) is 24.0 Å². The van der Waals surface area contributed by atoms with Gasteiger partial charge >= 0.3 is 0 Å². The molecule has 0 bridgehead atoms. The molecule has 0 unspecified atom stereocenters. The smallest absolute Gasteiger partial charge is 0.274 e. The molecule has 0 saturated heterocycles. The molecule has 0 spiro atoms. The van der Waals surface area contributed by atoms with Crippen molar-refractivity contribution in [2.75, 3.05) is 0 Å². The van der Waals surface area contributed by atoms with Crippen molar-refractivity contribution < 1.29 is 4.57 Å². The third-order valence-electron chi connectivity index (χ3n) is 0.938. The van der Waals surface area contributed by atoms with Crippen LogP contribution in [0, 0.1) is 0 Å². The molecule has 0 saturated carbocycles. The lowest BCUT2D eigenvalue weighted by Crippen LogP contribution is -1.66. The van der Waals surface area contributed by atoms with E-state index in [2.05, 4.69) is 6.58 Å². The lowest BCUT2D eigenvalue weighted by atomic mass is 10.2. The Morgan fingerprint density at radius 3 is 2.50 bits per heavy atom. The van der Waals surface area contributed by atoms with Gasteiger partial charge in [-0.2, -0.15) is 0 Å². The summed E-state index contributed by atoms with van der Waals surface area (Å²) in [6, 6.07) is 0. The van der Waals surface area contributed by atoms with E-state index in [4.69, 9.17) is 22.5 Å². The van der Waals surface area contributed by atoms with Crippen LogP contribution in [0.25, 0.3) is 0 Å². The molecule has 58 valence electrons. The Labute approximate surface area is 70.7 Å². The Morgan fingerprint density at radius 1 is 1.70 bits per heavy atom. The van der Waals surface area contributed by atoms with Gasteiger partial charge in [0.15, 0.2) is 0 Å². The second-order valence-corrected chi connectivity index (χ2v) is 6.67. The molecule has 0 rings (SSSR count). The second kappa shape index (κ2) is 4.23. The van der Waals surface area contributed by atoms with Crippen molar-refractivity contribution in [2.24, 2.45) is 0 Å². The van der Waals surface area contributed by atoms with Gasteiger partial charge in [-0.05, 0) is 28.9 Å². The Kier molecular flexibility index (Phi) is 4.35. The van der Waals surface area contributed by atoms with Crippen molar-refractivity contribution >= 4 is 28.3 Å². The fourth-order valence-corrected chi connectivity index (χ4v) is 1.03. The van der Waals surface area contributed by atoms with Crippen LogP contribution in [0.3, 0.4) is 0 Å². The standard InChI is InChI=1S/C6H9Cl2OP/c1-3-6(2)4-5-10(7,8)9/h4-5H,2-3H2,1H3/b5-4-. The Morgan fingerprint density at radius 2 is 2.20 bits per heavy atom. The molecule has 0 N–H and O–H groups in total. The molecule has 0 aliphatic heterocycles. The monoisotopic (exact) mass is 198 g/mol. The third kappa shape index (κ3) is 6.41. The molecule has 0 aliphatic carbocycles. The summed E-state index contributed by atoms with van der Waals surface area (Å²) in [5.41, 5.74) is 0.863. The van der Waals surface area contributed by atoms with Gasteiger partial charge in [0.1, 0.15) is 0 Å². The Hall–Kier alpha value is 0.290. The van der Waals surface area contributed by atoms with E-state index < -0.39 is 5.85 Å². The van der Waals surface area contributed by atoms with Gasteiger partial charge in [-0.1, -0.05) is 25.2 Å². The minimum Gasteiger partial charge on any atom is -0.285 e. The van der Waals surface area contributed by atoms with Crippen LogP contribution >= 0.6 is 28.3 Å². The van der Waals surface area contributed by atoms with Crippen LogP contribution in [0.5, 0.6) is 0 Å². The minimum atomic E-state index is -3.03. The van der Waals surface area contributed by atoms with Crippen molar-refractivity contribution in [3.63, 3.8) is 0 Å². The zero-order valence-electron chi connectivity index (χ0n) is 5.68. The summed E-state index contributed by atoms with van der Waals surface area (Å²) in [7, 11) is 0. The molecular formula is C6H9Cl2OP. The molecule has 0 atom stereocenters. The van der Waals surface area contributed by atoms with Crippen molar-refractivity contribution in [1.82, 2.24) is 0 Å². The first kappa shape index (κ1) is 10.3. The SMILES string of the molecule is C=C(/C=C\P(=O)(Cl)Cl)CC. The highest BCUT2D eigenvalue weighted by Crippen LogP contribution is 2.58. The maximum absolute atomic E-state index is 10.6. The molecule has 0 radical (unpaired) electrons. The number of rotatable bonds is 3. The Bertz CT molecular complexity index is 192. The molecule has 0 aromatic heterocycles. The fraction of sp³-hybridized carbons (Fsp3) is 0.333. The summed E-state index contributed by atoms with van der Waals surface area (Å²) in [5, 5.41) is 0. The van der Waals surface area contributed by atoms with Crippen molar-refractivity contribution in [3.8, 4) is 0 Å². The normalized spacial score (nSPS) is 12.3. The molecular weight excluding hydrogens is 190 g/mol. The molecule has 0 aromatic carbocycles. The molecule has 0 fully saturated rings. The summed E-state index contributed by atoms with van der Waals surface area (Å²) in [5.74, 6) is -1.75. The first-order valence-electron chi connectivity index (χ1n) is 2.82. The summed E-state index contributed by atoms with van der Waals surface area (Å²) in [4.78, 5) is 0. The summed E-state index contributed by atoms with van der Waals surface area (Å²) in [6.07, 6.45) is 2.39. The predicted molar refractivity (Wildman–Crippen MR) is 47.9 cm³/mol. The Balaban J connectivity index is 4.01. The van der Waals surface area contributed by atoms with Crippen LogP contribution in [-0.2, 0) is 4.57 Å². The average Bonchev–Trinajstić information content (AvgIpc) is 1.81. The maximum atomic E-state index is 10.6. The first-order chi connectivity index (χ1) is 4.45. The largest absolute Gasteiger partial charge is 0.285 e. The molecule has 0 amide bonds. The van der Waals surface area contributed by atoms with Crippen LogP contribution in [0.1, 0.15) is 13.3 Å². The van der Waals surface area contributed by atoms with E-state index >= 15 is 0 Å². The average molecular weight is 199 g/mol. The quantitative estimate of drug-likeness (QED) is 0.493. The minimum absolute atomic E-state index is 0.810. The molecule has 10 heavy (non-hydrogen) atoms. The fourth-order valence-electron chi connectivity index (χ4n) is 0.310. The zero-order chi connectivity index (χ0) is 8.20. The zero-order valence-corrected chi connectivity index (χ0v) is 8.09. The molecule has 4 heteroatoms. The van der Waals surface area contributed by atoms with E-state index in [0.717, 1.165) is 12.0 Å². The van der Waals surface area contributed by atoms with Gasteiger partial charge < -0.3 is 0 Å². The predicted octanol–water partition coefficient (Wildman–Crippen LogP) is 4.14.